The van der Waals surface area contributed by atoms with Crippen LogP contribution in [0, 0.1) is 0 Å². The van der Waals surface area contributed by atoms with Crippen molar-refractivity contribution in [3.05, 3.63) is 48.2 Å². The zero-order valence-electron chi connectivity index (χ0n) is 14.8. The van der Waals surface area contributed by atoms with Crippen molar-refractivity contribution in [1.29, 1.82) is 0 Å². The smallest absolute Gasteiger partial charge is 0.255 e. The van der Waals surface area contributed by atoms with E-state index >= 15 is 0 Å². The number of nitrogens with zero attached hydrogens (tertiary/aromatic N) is 2. The Bertz CT molecular complexity index is 880. The monoisotopic (exact) mass is 410 g/mol. The summed E-state index contributed by atoms with van der Waals surface area (Å²) in [4.78, 5) is 16.5. The van der Waals surface area contributed by atoms with Crippen LogP contribution in [0.5, 0.6) is 0 Å². The highest BCUT2D eigenvalue weighted by molar-refractivity contribution is 7.89. The van der Waals surface area contributed by atoms with Crippen molar-refractivity contribution in [3.63, 3.8) is 0 Å². The maximum Gasteiger partial charge on any atom is 0.255 e. The van der Waals surface area contributed by atoms with Gasteiger partial charge in [-0.3, -0.25) is 4.79 Å². The van der Waals surface area contributed by atoms with Crippen LogP contribution >= 0.6 is 12.4 Å². The summed E-state index contributed by atoms with van der Waals surface area (Å²) in [5.41, 5.74) is 6.29. The fourth-order valence-electron chi connectivity index (χ4n) is 2.91. The Kier molecular flexibility index (Phi) is 7.18. The summed E-state index contributed by atoms with van der Waals surface area (Å²) in [6.45, 7) is 1.05. The molecule has 1 saturated heterocycles. The highest BCUT2D eigenvalue weighted by atomic mass is 35.5. The SMILES string of the molecule is Cl.Nc1ccc(NC(=O)c2cccc(S(=O)(=O)N3CCCCCC3)c2)cn1. The van der Waals surface area contributed by atoms with Crippen LogP contribution in [0.3, 0.4) is 0 Å². The zero-order valence-corrected chi connectivity index (χ0v) is 16.4. The van der Waals surface area contributed by atoms with Gasteiger partial charge in [0.05, 0.1) is 16.8 Å². The van der Waals surface area contributed by atoms with Gasteiger partial charge in [0.15, 0.2) is 0 Å². The summed E-state index contributed by atoms with van der Waals surface area (Å²) >= 11 is 0. The number of carbonyl (C=O) groups is 1. The standard InChI is InChI=1S/C18H22N4O3S.ClH/c19-17-9-8-15(13-20-17)21-18(23)14-6-5-7-16(12-14)26(24,25)22-10-3-1-2-4-11-22;/h5-9,12-13H,1-4,10-11H2,(H2,19,20)(H,21,23);1H. The molecule has 146 valence electrons. The van der Waals surface area contributed by atoms with E-state index in [4.69, 9.17) is 5.73 Å². The predicted octanol–water partition coefficient (Wildman–Crippen LogP) is 2.90. The van der Waals surface area contributed by atoms with Gasteiger partial charge >= 0.3 is 0 Å². The first kappa shape index (κ1) is 21.1. The van der Waals surface area contributed by atoms with E-state index in [1.54, 1.807) is 24.3 Å². The third-order valence-electron chi connectivity index (χ3n) is 4.34. The van der Waals surface area contributed by atoms with Crippen molar-refractivity contribution in [2.24, 2.45) is 0 Å². The summed E-state index contributed by atoms with van der Waals surface area (Å²) < 4.78 is 27.3. The number of pyridine rings is 1. The Morgan fingerprint density at radius 2 is 1.78 bits per heavy atom. The topological polar surface area (TPSA) is 105 Å². The lowest BCUT2D eigenvalue weighted by atomic mass is 10.2. The number of aromatic nitrogens is 1. The fraction of sp³-hybridized carbons (Fsp3) is 0.333. The lowest BCUT2D eigenvalue weighted by Crippen LogP contribution is -2.32. The van der Waals surface area contributed by atoms with Gasteiger partial charge in [-0.05, 0) is 43.2 Å². The largest absolute Gasteiger partial charge is 0.384 e. The number of nitrogens with one attached hydrogen (secondary N) is 1. The second-order valence-electron chi connectivity index (χ2n) is 6.27. The molecule has 1 aliphatic rings. The molecule has 0 unspecified atom stereocenters. The molecule has 3 rings (SSSR count). The second kappa shape index (κ2) is 9.16. The molecule has 0 radical (unpaired) electrons. The number of benzene rings is 1. The minimum absolute atomic E-state index is 0. The Balaban J connectivity index is 0.00000261. The molecule has 0 atom stereocenters. The third kappa shape index (κ3) is 5.18. The number of anilines is 2. The van der Waals surface area contributed by atoms with Crippen LogP contribution < -0.4 is 11.1 Å². The van der Waals surface area contributed by atoms with Crippen LogP contribution in [0.15, 0.2) is 47.5 Å². The van der Waals surface area contributed by atoms with E-state index in [1.165, 1.54) is 22.6 Å². The summed E-state index contributed by atoms with van der Waals surface area (Å²) in [7, 11) is -3.60. The minimum Gasteiger partial charge on any atom is -0.384 e. The molecule has 1 aliphatic heterocycles. The molecule has 9 heteroatoms. The normalized spacial score (nSPS) is 15.4. The summed E-state index contributed by atoms with van der Waals surface area (Å²) in [6, 6.07) is 9.33. The van der Waals surface area contributed by atoms with Crippen molar-refractivity contribution < 1.29 is 13.2 Å². The van der Waals surface area contributed by atoms with E-state index in [1.807, 2.05) is 0 Å². The fourth-order valence-corrected chi connectivity index (χ4v) is 4.47. The molecule has 0 spiro atoms. The number of hydrogen-bond acceptors (Lipinski definition) is 5. The molecule has 1 aromatic carbocycles. The molecule has 3 N–H and O–H groups in total. The first-order valence-electron chi connectivity index (χ1n) is 8.60. The molecule has 1 amide bonds. The van der Waals surface area contributed by atoms with Crippen LogP contribution in [-0.4, -0.2) is 36.7 Å². The van der Waals surface area contributed by atoms with Crippen LogP contribution in [0.1, 0.15) is 36.0 Å². The van der Waals surface area contributed by atoms with E-state index in [0.29, 0.717) is 24.6 Å². The number of nitrogen functional groups attached to an aromatic ring is 1. The van der Waals surface area contributed by atoms with E-state index in [0.717, 1.165) is 25.7 Å². The van der Waals surface area contributed by atoms with Gasteiger partial charge in [-0.25, -0.2) is 13.4 Å². The van der Waals surface area contributed by atoms with E-state index in [-0.39, 0.29) is 22.9 Å². The maximum absolute atomic E-state index is 12.9. The quantitative estimate of drug-likeness (QED) is 0.806. The molecule has 1 fully saturated rings. The molecule has 7 nitrogen and oxygen atoms in total. The Morgan fingerprint density at radius 3 is 2.41 bits per heavy atom. The van der Waals surface area contributed by atoms with Crippen LogP contribution in [0.4, 0.5) is 11.5 Å². The van der Waals surface area contributed by atoms with E-state index in [2.05, 4.69) is 10.3 Å². The van der Waals surface area contributed by atoms with Crippen molar-refractivity contribution in [2.45, 2.75) is 30.6 Å². The third-order valence-corrected chi connectivity index (χ3v) is 6.24. The van der Waals surface area contributed by atoms with Gasteiger partial charge in [-0.2, -0.15) is 4.31 Å². The molecular formula is C18H23ClN4O3S. The van der Waals surface area contributed by atoms with Crippen molar-refractivity contribution in [3.8, 4) is 0 Å². The van der Waals surface area contributed by atoms with E-state index < -0.39 is 15.9 Å². The van der Waals surface area contributed by atoms with Gasteiger partial charge in [0, 0.05) is 18.7 Å². The van der Waals surface area contributed by atoms with Crippen LogP contribution in [0.2, 0.25) is 0 Å². The average Bonchev–Trinajstić information content (AvgIpc) is 2.94. The van der Waals surface area contributed by atoms with E-state index in [9.17, 15) is 13.2 Å². The molecule has 0 aliphatic carbocycles. The minimum atomic E-state index is -3.60. The van der Waals surface area contributed by atoms with Crippen molar-refractivity contribution in [2.75, 3.05) is 24.1 Å². The number of sulfonamides is 1. The van der Waals surface area contributed by atoms with Gasteiger partial charge in [-0.1, -0.05) is 18.9 Å². The number of halogens is 1. The average molecular weight is 411 g/mol. The lowest BCUT2D eigenvalue weighted by molar-refractivity contribution is 0.102. The molecular weight excluding hydrogens is 388 g/mol. The van der Waals surface area contributed by atoms with Gasteiger partial charge in [-0.15, -0.1) is 12.4 Å². The zero-order chi connectivity index (χ0) is 18.6. The number of rotatable bonds is 4. The molecule has 0 bridgehead atoms. The Labute approximate surface area is 165 Å². The maximum atomic E-state index is 12.9. The lowest BCUT2D eigenvalue weighted by Gasteiger charge is -2.20. The highest BCUT2D eigenvalue weighted by Gasteiger charge is 2.25. The second-order valence-corrected chi connectivity index (χ2v) is 8.21. The first-order chi connectivity index (χ1) is 12.5. The van der Waals surface area contributed by atoms with Gasteiger partial charge in [0.25, 0.3) is 5.91 Å². The first-order valence-corrected chi connectivity index (χ1v) is 10.0. The Morgan fingerprint density at radius 1 is 1.07 bits per heavy atom. The summed E-state index contributed by atoms with van der Waals surface area (Å²) in [6.07, 6.45) is 5.27. The summed E-state index contributed by atoms with van der Waals surface area (Å²) in [5.74, 6) is -0.0435. The predicted molar refractivity (Wildman–Crippen MR) is 108 cm³/mol. The molecule has 27 heavy (non-hydrogen) atoms. The van der Waals surface area contributed by atoms with Crippen LogP contribution in [0.25, 0.3) is 0 Å². The van der Waals surface area contributed by atoms with Crippen LogP contribution in [-0.2, 0) is 10.0 Å². The van der Waals surface area contributed by atoms with Crippen molar-refractivity contribution in [1.82, 2.24) is 9.29 Å². The van der Waals surface area contributed by atoms with Gasteiger partial charge in [0.1, 0.15) is 5.82 Å². The number of amides is 1. The molecule has 1 aromatic heterocycles. The number of nitrogens with two attached hydrogens (primary N) is 1. The molecule has 2 heterocycles. The van der Waals surface area contributed by atoms with Gasteiger partial charge in [0.2, 0.25) is 10.0 Å². The highest BCUT2D eigenvalue weighted by Crippen LogP contribution is 2.21. The summed E-state index contributed by atoms with van der Waals surface area (Å²) in [5, 5.41) is 2.69. The Hall–Kier alpha value is -2.16. The molecule has 0 saturated carbocycles. The number of hydrogen-bond donors (Lipinski definition) is 2. The number of carbonyl (C=O) groups excluding carboxylic acids is 1. The van der Waals surface area contributed by atoms with Crippen molar-refractivity contribution >= 4 is 39.8 Å². The van der Waals surface area contributed by atoms with Gasteiger partial charge < -0.3 is 11.1 Å². The molecule has 2 aromatic rings.